The van der Waals surface area contributed by atoms with Crippen LogP contribution >= 0.6 is 11.3 Å². The molecule has 3 aromatic rings. The minimum Gasteiger partial charge on any atom is -0.383 e. The molecule has 0 radical (unpaired) electrons. The van der Waals surface area contributed by atoms with Gasteiger partial charge in [0.15, 0.2) is 5.13 Å². The maximum absolute atomic E-state index is 12.8. The van der Waals surface area contributed by atoms with Crippen molar-refractivity contribution in [3.05, 3.63) is 53.9 Å². The number of pyridine rings is 1. The van der Waals surface area contributed by atoms with E-state index in [9.17, 15) is 4.79 Å². The number of carbonyl (C=O) groups excluding carboxylic acids is 1. The number of hydrogen-bond acceptors (Lipinski definition) is 5. The molecule has 0 aliphatic heterocycles. The highest BCUT2D eigenvalue weighted by molar-refractivity contribution is 7.22. The zero-order chi connectivity index (χ0) is 16.2. The number of hydrogen-bond donors (Lipinski definition) is 0. The molecule has 6 heteroatoms. The molecule has 0 unspecified atom stereocenters. The Morgan fingerprint density at radius 3 is 2.78 bits per heavy atom. The molecule has 5 nitrogen and oxygen atoms in total. The number of rotatable bonds is 5. The average Bonchev–Trinajstić information content (AvgIpc) is 2.99. The first-order chi connectivity index (χ1) is 11.2. The fourth-order valence-corrected chi connectivity index (χ4v) is 3.18. The predicted molar refractivity (Wildman–Crippen MR) is 92.1 cm³/mol. The van der Waals surface area contributed by atoms with Crippen molar-refractivity contribution >= 4 is 32.6 Å². The van der Waals surface area contributed by atoms with Gasteiger partial charge < -0.3 is 4.74 Å². The van der Waals surface area contributed by atoms with E-state index in [-0.39, 0.29) is 5.91 Å². The summed E-state index contributed by atoms with van der Waals surface area (Å²) in [6.45, 7) is 2.79. The molecule has 2 aromatic heterocycles. The number of thiazole rings is 1. The molecule has 3 rings (SSSR count). The number of fused-ring (bicyclic) bond motifs is 1. The van der Waals surface area contributed by atoms with Crippen molar-refractivity contribution in [1.82, 2.24) is 9.97 Å². The topological polar surface area (TPSA) is 55.3 Å². The summed E-state index contributed by atoms with van der Waals surface area (Å²) in [6.07, 6.45) is 1.60. The molecular weight excluding hydrogens is 310 g/mol. The maximum Gasteiger partial charge on any atom is 0.261 e. The zero-order valence-corrected chi connectivity index (χ0v) is 13.8. The normalized spacial score (nSPS) is 10.9. The summed E-state index contributed by atoms with van der Waals surface area (Å²) in [6, 6.07) is 11.5. The Bertz CT molecular complexity index is 781. The summed E-state index contributed by atoms with van der Waals surface area (Å²) >= 11 is 1.50. The molecule has 0 bridgehead atoms. The lowest BCUT2D eigenvalue weighted by atomic mass is 10.2. The third-order valence-corrected chi connectivity index (χ3v) is 4.50. The maximum atomic E-state index is 12.8. The number of amides is 1. The van der Waals surface area contributed by atoms with Gasteiger partial charge in [0, 0.05) is 19.0 Å². The van der Waals surface area contributed by atoms with E-state index >= 15 is 0 Å². The van der Waals surface area contributed by atoms with Crippen LogP contribution in [0, 0.1) is 6.92 Å². The molecule has 23 heavy (non-hydrogen) atoms. The molecule has 0 N–H and O–H groups in total. The molecule has 0 atom stereocenters. The number of methoxy groups -OCH3 is 1. The van der Waals surface area contributed by atoms with Crippen LogP contribution in [-0.2, 0) is 4.74 Å². The van der Waals surface area contributed by atoms with Crippen molar-refractivity contribution in [3.63, 3.8) is 0 Å². The number of anilines is 1. The summed E-state index contributed by atoms with van der Waals surface area (Å²) in [4.78, 5) is 23.3. The van der Waals surface area contributed by atoms with Gasteiger partial charge in [0.25, 0.3) is 5.91 Å². The number of ether oxygens (including phenoxy) is 1. The minimum absolute atomic E-state index is 0.117. The summed E-state index contributed by atoms with van der Waals surface area (Å²) in [7, 11) is 1.62. The molecule has 0 saturated carbocycles. The van der Waals surface area contributed by atoms with Gasteiger partial charge in [0.2, 0.25) is 0 Å². The summed E-state index contributed by atoms with van der Waals surface area (Å²) in [5, 5.41) is 0.675. The Labute approximate surface area is 138 Å². The standard InChI is InChI=1S/C17H17N3O2S/c1-12-7-8-13(11-18-12)16(21)20(9-10-22-2)17-19-14-5-3-4-6-15(14)23-17/h3-8,11H,9-10H2,1-2H3. The highest BCUT2D eigenvalue weighted by Crippen LogP contribution is 2.29. The largest absolute Gasteiger partial charge is 0.383 e. The molecule has 0 spiro atoms. The minimum atomic E-state index is -0.117. The number of carbonyl (C=O) groups is 1. The van der Waals surface area contributed by atoms with Crippen LogP contribution in [0.5, 0.6) is 0 Å². The predicted octanol–water partition coefficient (Wildman–Crippen LogP) is 3.29. The number of nitrogens with zero attached hydrogens (tertiary/aromatic N) is 3. The Balaban J connectivity index is 1.96. The summed E-state index contributed by atoms with van der Waals surface area (Å²) in [5.74, 6) is -0.117. The van der Waals surface area contributed by atoms with Gasteiger partial charge in [-0.25, -0.2) is 4.98 Å². The van der Waals surface area contributed by atoms with E-state index in [4.69, 9.17) is 4.74 Å². The van der Waals surface area contributed by atoms with Crippen molar-refractivity contribution in [3.8, 4) is 0 Å². The van der Waals surface area contributed by atoms with Gasteiger partial charge in [-0.1, -0.05) is 23.5 Å². The van der Waals surface area contributed by atoms with Crippen molar-refractivity contribution in [2.24, 2.45) is 0 Å². The first-order valence-corrected chi connectivity index (χ1v) is 8.09. The van der Waals surface area contributed by atoms with Crippen LogP contribution in [0.1, 0.15) is 16.1 Å². The fraction of sp³-hybridized carbons (Fsp3) is 0.235. The highest BCUT2D eigenvalue weighted by Gasteiger charge is 2.21. The average molecular weight is 327 g/mol. The molecule has 0 aliphatic carbocycles. The van der Waals surface area contributed by atoms with E-state index in [1.165, 1.54) is 11.3 Å². The molecular formula is C17H17N3O2S. The Morgan fingerprint density at radius 2 is 2.09 bits per heavy atom. The van der Waals surface area contributed by atoms with E-state index in [2.05, 4.69) is 9.97 Å². The third-order valence-electron chi connectivity index (χ3n) is 3.44. The molecule has 1 amide bonds. The van der Waals surface area contributed by atoms with Gasteiger partial charge in [-0.15, -0.1) is 0 Å². The van der Waals surface area contributed by atoms with Gasteiger partial charge in [0.1, 0.15) is 0 Å². The van der Waals surface area contributed by atoms with Gasteiger partial charge in [-0.2, -0.15) is 0 Å². The van der Waals surface area contributed by atoms with E-state index in [0.717, 1.165) is 15.9 Å². The van der Waals surface area contributed by atoms with Crippen LogP contribution in [-0.4, -0.2) is 36.1 Å². The lowest BCUT2D eigenvalue weighted by molar-refractivity contribution is 0.0975. The van der Waals surface area contributed by atoms with Crippen LogP contribution in [0.25, 0.3) is 10.2 Å². The number of benzene rings is 1. The van der Waals surface area contributed by atoms with Gasteiger partial charge in [-0.05, 0) is 31.2 Å². The Morgan fingerprint density at radius 1 is 1.26 bits per heavy atom. The first kappa shape index (κ1) is 15.6. The number of para-hydroxylation sites is 1. The second-order valence-electron chi connectivity index (χ2n) is 5.10. The third kappa shape index (κ3) is 3.38. The van der Waals surface area contributed by atoms with Crippen LogP contribution in [0.2, 0.25) is 0 Å². The lowest BCUT2D eigenvalue weighted by Gasteiger charge is -2.19. The van der Waals surface area contributed by atoms with Crippen molar-refractivity contribution in [2.75, 3.05) is 25.2 Å². The SMILES string of the molecule is COCCN(C(=O)c1ccc(C)nc1)c1nc2ccccc2s1. The zero-order valence-electron chi connectivity index (χ0n) is 13.0. The van der Waals surface area contributed by atoms with E-state index < -0.39 is 0 Å². The van der Waals surface area contributed by atoms with E-state index in [1.54, 1.807) is 24.3 Å². The first-order valence-electron chi connectivity index (χ1n) is 7.28. The molecule has 118 valence electrons. The van der Waals surface area contributed by atoms with Crippen LogP contribution in [0.15, 0.2) is 42.6 Å². The number of aromatic nitrogens is 2. The van der Waals surface area contributed by atoms with Crippen molar-refractivity contribution < 1.29 is 9.53 Å². The lowest BCUT2D eigenvalue weighted by Crippen LogP contribution is -2.34. The fourth-order valence-electron chi connectivity index (χ4n) is 2.19. The van der Waals surface area contributed by atoms with Crippen LogP contribution < -0.4 is 4.90 Å². The summed E-state index contributed by atoms with van der Waals surface area (Å²) in [5.41, 5.74) is 2.32. The number of aryl methyl sites for hydroxylation is 1. The molecule has 0 aliphatic rings. The van der Waals surface area contributed by atoms with Crippen molar-refractivity contribution in [2.45, 2.75) is 6.92 Å². The molecule has 0 saturated heterocycles. The van der Waals surface area contributed by atoms with Crippen molar-refractivity contribution in [1.29, 1.82) is 0 Å². The quantitative estimate of drug-likeness (QED) is 0.721. The Hall–Kier alpha value is -2.31. The highest BCUT2D eigenvalue weighted by atomic mass is 32.1. The van der Waals surface area contributed by atoms with Gasteiger partial charge >= 0.3 is 0 Å². The van der Waals surface area contributed by atoms with Gasteiger partial charge in [0.05, 0.1) is 28.9 Å². The second-order valence-corrected chi connectivity index (χ2v) is 6.11. The smallest absolute Gasteiger partial charge is 0.261 e. The Kier molecular flexibility index (Phi) is 4.64. The van der Waals surface area contributed by atoms with E-state index in [0.29, 0.717) is 23.8 Å². The second kappa shape index (κ2) is 6.85. The van der Waals surface area contributed by atoms with Crippen LogP contribution in [0.4, 0.5) is 5.13 Å². The molecule has 0 fully saturated rings. The monoisotopic (exact) mass is 327 g/mol. The van der Waals surface area contributed by atoms with Gasteiger partial charge in [-0.3, -0.25) is 14.7 Å². The van der Waals surface area contributed by atoms with E-state index in [1.807, 2.05) is 37.3 Å². The molecule has 1 aromatic carbocycles. The molecule has 2 heterocycles. The van der Waals surface area contributed by atoms with Crippen LogP contribution in [0.3, 0.4) is 0 Å². The summed E-state index contributed by atoms with van der Waals surface area (Å²) < 4.78 is 6.20.